The van der Waals surface area contributed by atoms with E-state index in [1.807, 2.05) is 30.4 Å². The van der Waals surface area contributed by atoms with Gasteiger partial charge in [-0.1, -0.05) is 11.6 Å². The second-order valence-electron chi connectivity index (χ2n) is 2.21. The maximum absolute atomic E-state index is 5.74. The molecule has 0 aromatic heterocycles. The lowest BCUT2D eigenvalue weighted by molar-refractivity contribution is -0.505. The van der Waals surface area contributed by atoms with Crippen molar-refractivity contribution in [2.45, 2.75) is 6.92 Å². The van der Waals surface area contributed by atoms with Gasteiger partial charge in [0.15, 0.2) is 0 Å². The Kier molecular flexibility index (Phi) is 2.30. The summed E-state index contributed by atoms with van der Waals surface area (Å²) in [6.07, 6.45) is 0. The summed E-state index contributed by atoms with van der Waals surface area (Å²) in [7, 11) is 3.68. The highest BCUT2D eigenvalue weighted by molar-refractivity contribution is 6.30. The third-order valence-corrected chi connectivity index (χ3v) is 1.69. The van der Waals surface area contributed by atoms with Gasteiger partial charge in [0.2, 0.25) is 0 Å². The topological polar surface area (TPSA) is 16.6 Å². The molecule has 0 spiro atoms. The first-order valence-electron chi connectivity index (χ1n) is 3.12. The summed E-state index contributed by atoms with van der Waals surface area (Å²) in [5, 5.41) is 2.61. The lowest BCUT2D eigenvalue weighted by Gasteiger charge is -2.02. The molecular weight excluding hydrogens is 146 g/mol. The number of halogens is 1. The van der Waals surface area contributed by atoms with Crippen molar-refractivity contribution < 1.29 is 5.32 Å². The van der Waals surface area contributed by atoms with Crippen molar-refractivity contribution in [3.8, 4) is 0 Å². The lowest BCUT2D eigenvalue weighted by Crippen LogP contribution is -2.70. The van der Waals surface area contributed by atoms with E-state index < -0.39 is 0 Å². The molecule has 0 fully saturated rings. The minimum atomic E-state index is 0.781. The summed E-state index contributed by atoms with van der Waals surface area (Å²) < 4.78 is 0. The van der Waals surface area contributed by atoms with Gasteiger partial charge in [0.05, 0.1) is 0 Å². The van der Waals surface area contributed by atoms with Crippen LogP contribution in [0.5, 0.6) is 0 Å². The molecule has 0 saturated carbocycles. The Balaban J connectivity index is 3.07. The molecule has 0 saturated heterocycles. The SMILES string of the molecule is [CH2-][NH2+]c1ccc(Cl)cc1C. The molecule has 10 heavy (non-hydrogen) atoms. The molecule has 0 bridgehead atoms. The van der Waals surface area contributed by atoms with Gasteiger partial charge in [0, 0.05) is 10.6 Å². The highest BCUT2D eigenvalue weighted by atomic mass is 35.5. The largest absolute Gasteiger partial charge is 0.446 e. The van der Waals surface area contributed by atoms with E-state index in [0.29, 0.717) is 0 Å². The summed E-state index contributed by atoms with van der Waals surface area (Å²) in [6, 6.07) is 5.76. The normalized spacial score (nSPS) is 9.90. The van der Waals surface area contributed by atoms with E-state index in [0.717, 1.165) is 10.7 Å². The number of rotatable bonds is 1. The molecule has 0 heterocycles. The zero-order chi connectivity index (χ0) is 7.56. The van der Waals surface area contributed by atoms with Gasteiger partial charge in [-0.05, 0) is 25.1 Å². The Morgan fingerprint density at radius 2 is 2.20 bits per heavy atom. The third-order valence-electron chi connectivity index (χ3n) is 1.45. The lowest BCUT2D eigenvalue weighted by atomic mass is 10.2. The Hall–Kier alpha value is -0.530. The second-order valence-corrected chi connectivity index (χ2v) is 2.64. The van der Waals surface area contributed by atoms with Gasteiger partial charge in [-0.3, -0.25) is 0 Å². The molecule has 0 atom stereocenters. The first kappa shape index (κ1) is 7.58. The molecule has 0 aliphatic heterocycles. The van der Waals surface area contributed by atoms with Gasteiger partial charge in [-0.15, -0.1) is 7.05 Å². The van der Waals surface area contributed by atoms with Crippen LogP contribution in [0.15, 0.2) is 18.2 Å². The average molecular weight is 156 g/mol. The van der Waals surface area contributed by atoms with Crippen molar-refractivity contribution in [3.63, 3.8) is 0 Å². The van der Waals surface area contributed by atoms with Crippen LogP contribution >= 0.6 is 11.6 Å². The summed E-state index contributed by atoms with van der Waals surface area (Å²) >= 11 is 5.74. The average Bonchev–Trinajstić information content (AvgIpc) is 1.88. The Morgan fingerprint density at radius 1 is 1.50 bits per heavy atom. The summed E-state index contributed by atoms with van der Waals surface area (Å²) in [5.41, 5.74) is 2.31. The second kappa shape index (κ2) is 3.04. The molecule has 2 N–H and O–H groups in total. The van der Waals surface area contributed by atoms with Crippen LogP contribution in [-0.4, -0.2) is 0 Å². The molecule has 0 amide bonds. The summed E-state index contributed by atoms with van der Waals surface area (Å²) in [4.78, 5) is 0. The van der Waals surface area contributed by atoms with E-state index in [1.165, 1.54) is 5.56 Å². The Bertz CT molecular complexity index is 233. The van der Waals surface area contributed by atoms with Crippen LogP contribution in [0.25, 0.3) is 0 Å². The number of hydrogen-bond acceptors (Lipinski definition) is 0. The predicted octanol–water partition coefficient (Wildman–Crippen LogP) is 1.63. The molecule has 0 aliphatic rings. The van der Waals surface area contributed by atoms with E-state index >= 15 is 0 Å². The van der Waals surface area contributed by atoms with Gasteiger partial charge in [-0.25, -0.2) is 0 Å². The number of aryl methyl sites for hydroxylation is 1. The molecule has 1 aromatic carbocycles. The Morgan fingerprint density at radius 3 is 2.70 bits per heavy atom. The fraction of sp³-hybridized carbons (Fsp3) is 0.125. The van der Waals surface area contributed by atoms with Crippen molar-refractivity contribution in [2.75, 3.05) is 0 Å². The van der Waals surface area contributed by atoms with E-state index in [4.69, 9.17) is 11.6 Å². The summed E-state index contributed by atoms with van der Waals surface area (Å²) in [5.74, 6) is 0. The predicted molar refractivity (Wildman–Crippen MR) is 43.1 cm³/mol. The zero-order valence-corrected chi connectivity index (χ0v) is 6.65. The van der Waals surface area contributed by atoms with Crippen molar-refractivity contribution in [1.82, 2.24) is 0 Å². The van der Waals surface area contributed by atoms with Crippen molar-refractivity contribution in [1.29, 1.82) is 0 Å². The first-order chi connectivity index (χ1) is 4.74. The van der Waals surface area contributed by atoms with Crippen LogP contribution in [0.2, 0.25) is 5.02 Å². The number of quaternary nitrogens is 1. The van der Waals surface area contributed by atoms with Crippen molar-refractivity contribution >= 4 is 17.3 Å². The van der Waals surface area contributed by atoms with Gasteiger partial charge in [0.1, 0.15) is 5.69 Å². The van der Waals surface area contributed by atoms with E-state index in [9.17, 15) is 0 Å². The van der Waals surface area contributed by atoms with Gasteiger partial charge in [0.25, 0.3) is 0 Å². The highest BCUT2D eigenvalue weighted by Crippen LogP contribution is 2.15. The fourth-order valence-corrected chi connectivity index (χ4v) is 1.09. The molecule has 2 heteroatoms. The van der Waals surface area contributed by atoms with E-state index in [1.54, 1.807) is 0 Å². The van der Waals surface area contributed by atoms with Crippen LogP contribution in [0.3, 0.4) is 0 Å². The number of hydrogen-bond donors (Lipinski definition) is 1. The van der Waals surface area contributed by atoms with Gasteiger partial charge in [-0.2, -0.15) is 0 Å². The molecule has 0 radical (unpaired) electrons. The van der Waals surface area contributed by atoms with Crippen molar-refractivity contribution in [2.24, 2.45) is 0 Å². The maximum atomic E-state index is 5.74. The number of nitrogens with two attached hydrogens (primary N) is 1. The number of benzene rings is 1. The zero-order valence-electron chi connectivity index (χ0n) is 5.89. The monoisotopic (exact) mass is 155 g/mol. The van der Waals surface area contributed by atoms with Crippen LogP contribution in [0.4, 0.5) is 5.69 Å². The molecule has 0 unspecified atom stereocenters. The molecule has 1 nitrogen and oxygen atoms in total. The minimum Gasteiger partial charge on any atom is -0.446 e. The van der Waals surface area contributed by atoms with E-state index in [2.05, 4.69) is 7.05 Å². The third kappa shape index (κ3) is 1.49. The first-order valence-corrected chi connectivity index (χ1v) is 3.50. The molecule has 1 rings (SSSR count). The van der Waals surface area contributed by atoms with Gasteiger partial charge < -0.3 is 5.32 Å². The van der Waals surface area contributed by atoms with Crippen LogP contribution in [0, 0.1) is 14.0 Å². The van der Waals surface area contributed by atoms with Crippen molar-refractivity contribution in [3.05, 3.63) is 35.8 Å². The van der Waals surface area contributed by atoms with Gasteiger partial charge >= 0.3 is 0 Å². The summed E-state index contributed by atoms with van der Waals surface area (Å²) in [6.45, 7) is 2.02. The Labute approximate surface area is 66.0 Å². The van der Waals surface area contributed by atoms with Crippen LogP contribution in [-0.2, 0) is 0 Å². The molecule has 0 aliphatic carbocycles. The minimum absolute atomic E-state index is 0.781. The maximum Gasteiger partial charge on any atom is 0.106 e. The highest BCUT2D eigenvalue weighted by Gasteiger charge is 1.96. The molecule has 54 valence electrons. The van der Waals surface area contributed by atoms with Crippen LogP contribution < -0.4 is 5.32 Å². The van der Waals surface area contributed by atoms with E-state index in [-0.39, 0.29) is 0 Å². The fourth-order valence-electron chi connectivity index (χ4n) is 0.868. The molecular formula is C8H10ClN. The smallest absolute Gasteiger partial charge is 0.106 e. The van der Waals surface area contributed by atoms with Crippen LogP contribution in [0.1, 0.15) is 5.56 Å². The molecule has 1 aromatic rings. The quantitative estimate of drug-likeness (QED) is 0.469. The standard InChI is InChI=1S/C8H10ClN/c1-6-5-7(9)3-4-8(6)10-2/h3-5H,2,10H2,1H3.